The van der Waals surface area contributed by atoms with E-state index in [2.05, 4.69) is 5.32 Å². The zero-order chi connectivity index (χ0) is 15.6. The number of anilines is 1. The molecule has 0 radical (unpaired) electrons. The quantitative estimate of drug-likeness (QED) is 0.920. The predicted octanol–water partition coefficient (Wildman–Crippen LogP) is 2.91. The molecule has 2 rings (SSSR count). The van der Waals surface area contributed by atoms with Gasteiger partial charge in [-0.2, -0.15) is 0 Å². The van der Waals surface area contributed by atoms with Gasteiger partial charge in [-0.3, -0.25) is 4.31 Å². The first-order valence-electron chi connectivity index (χ1n) is 6.65. The third-order valence-corrected chi connectivity index (χ3v) is 6.40. The molecule has 0 fully saturated rings. The smallest absolute Gasteiger partial charge is 0.265 e. The SMILES string of the molecule is CNCc1cc(S(=O)(=O)N(C)c2ccc(C)cc2)c(C)s1. The van der Waals surface area contributed by atoms with Crippen molar-refractivity contribution in [1.29, 1.82) is 0 Å². The van der Waals surface area contributed by atoms with Crippen LogP contribution >= 0.6 is 11.3 Å². The Balaban J connectivity index is 2.39. The van der Waals surface area contributed by atoms with Gasteiger partial charge in [-0.25, -0.2) is 8.42 Å². The Hall–Kier alpha value is -1.37. The molecular formula is C15H20N2O2S2. The Morgan fingerprint density at radius 3 is 2.38 bits per heavy atom. The Labute approximate surface area is 130 Å². The van der Waals surface area contributed by atoms with Gasteiger partial charge in [0, 0.05) is 23.3 Å². The first-order chi connectivity index (χ1) is 9.86. The normalized spacial score (nSPS) is 11.6. The van der Waals surface area contributed by atoms with Gasteiger partial charge in [0.05, 0.1) is 5.69 Å². The van der Waals surface area contributed by atoms with Crippen LogP contribution in [-0.2, 0) is 16.6 Å². The summed E-state index contributed by atoms with van der Waals surface area (Å²) in [5.41, 5.74) is 1.77. The summed E-state index contributed by atoms with van der Waals surface area (Å²) >= 11 is 1.51. The molecule has 0 saturated carbocycles. The van der Waals surface area contributed by atoms with Crippen LogP contribution in [0, 0.1) is 13.8 Å². The highest BCUT2D eigenvalue weighted by Crippen LogP contribution is 2.30. The summed E-state index contributed by atoms with van der Waals surface area (Å²) in [6, 6.07) is 9.23. The van der Waals surface area contributed by atoms with Crippen molar-refractivity contribution in [3.8, 4) is 0 Å². The fourth-order valence-corrected chi connectivity index (χ4v) is 4.89. The third-order valence-electron chi connectivity index (χ3n) is 3.31. The van der Waals surface area contributed by atoms with Gasteiger partial charge in [-0.05, 0) is 39.1 Å². The Morgan fingerprint density at radius 1 is 1.19 bits per heavy atom. The number of nitrogens with zero attached hydrogens (tertiary/aromatic N) is 1. The second-order valence-electron chi connectivity index (χ2n) is 4.97. The summed E-state index contributed by atoms with van der Waals surface area (Å²) in [7, 11) is -0.0761. The summed E-state index contributed by atoms with van der Waals surface area (Å²) in [4.78, 5) is 2.23. The molecule has 1 heterocycles. The van der Waals surface area contributed by atoms with E-state index >= 15 is 0 Å². The Morgan fingerprint density at radius 2 is 1.81 bits per heavy atom. The Bertz CT molecular complexity index is 719. The summed E-state index contributed by atoms with van der Waals surface area (Å²) < 4.78 is 26.9. The summed E-state index contributed by atoms with van der Waals surface area (Å²) in [5, 5.41) is 3.05. The summed E-state index contributed by atoms with van der Waals surface area (Å²) in [6.07, 6.45) is 0. The van der Waals surface area contributed by atoms with Crippen molar-refractivity contribution >= 4 is 27.0 Å². The molecular weight excluding hydrogens is 304 g/mol. The molecule has 0 bridgehead atoms. The maximum Gasteiger partial charge on any atom is 0.265 e. The second kappa shape index (κ2) is 6.17. The van der Waals surface area contributed by atoms with Gasteiger partial charge < -0.3 is 5.32 Å². The maximum absolute atomic E-state index is 12.8. The number of hydrogen-bond donors (Lipinski definition) is 1. The summed E-state index contributed by atoms with van der Waals surface area (Å²) in [6.45, 7) is 4.50. The van der Waals surface area contributed by atoms with E-state index in [1.807, 2.05) is 45.2 Å². The number of nitrogens with one attached hydrogen (secondary N) is 1. The highest BCUT2D eigenvalue weighted by atomic mass is 32.2. The standard InChI is InChI=1S/C15H20N2O2S2/c1-11-5-7-13(8-6-11)17(4)21(18,19)15-9-14(10-16-3)20-12(15)2/h5-9,16H,10H2,1-4H3. The predicted molar refractivity (Wildman–Crippen MR) is 88.6 cm³/mol. The van der Waals surface area contributed by atoms with Crippen LogP contribution in [0.4, 0.5) is 5.69 Å². The number of thiophene rings is 1. The molecule has 0 aliphatic heterocycles. The van der Waals surface area contributed by atoms with E-state index in [1.54, 1.807) is 13.1 Å². The topological polar surface area (TPSA) is 49.4 Å². The molecule has 114 valence electrons. The van der Waals surface area contributed by atoms with Crippen LogP contribution < -0.4 is 9.62 Å². The largest absolute Gasteiger partial charge is 0.315 e. The maximum atomic E-state index is 12.8. The molecule has 4 nitrogen and oxygen atoms in total. The monoisotopic (exact) mass is 324 g/mol. The number of hydrogen-bond acceptors (Lipinski definition) is 4. The van der Waals surface area contributed by atoms with Crippen LogP contribution in [0.1, 0.15) is 15.3 Å². The molecule has 0 aliphatic carbocycles. The lowest BCUT2D eigenvalue weighted by Gasteiger charge is -2.19. The molecule has 0 amide bonds. The molecule has 1 aromatic heterocycles. The molecule has 0 spiro atoms. The van der Waals surface area contributed by atoms with Crippen LogP contribution in [0.3, 0.4) is 0 Å². The van der Waals surface area contributed by atoms with E-state index in [4.69, 9.17) is 0 Å². The number of rotatable bonds is 5. The average Bonchev–Trinajstić information content (AvgIpc) is 2.81. The number of sulfonamides is 1. The van der Waals surface area contributed by atoms with Gasteiger partial charge in [0.2, 0.25) is 0 Å². The van der Waals surface area contributed by atoms with Crippen molar-refractivity contribution in [2.45, 2.75) is 25.3 Å². The lowest BCUT2D eigenvalue weighted by atomic mass is 10.2. The fourth-order valence-electron chi connectivity index (χ4n) is 2.08. The van der Waals surface area contributed by atoms with E-state index in [9.17, 15) is 8.42 Å². The first kappa shape index (κ1) is 16.0. The van der Waals surface area contributed by atoms with E-state index in [0.29, 0.717) is 17.1 Å². The lowest BCUT2D eigenvalue weighted by Crippen LogP contribution is -2.26. The summed E-state index contributed by atoms with van der Waals surface area (Å²) in [5.74, 6) is 0. The Kier molecular flexibility index (Phi) is 4.70. The number of aryl methyl sites for hydroxylation is 2. The molecule has 1 aromatic carbocycles. The average molecular weight is 324 g/mol. The first-order valence-corrected chi connectivity index (χ1v) is 8.91. The molecule has 0 saturated heterocycles. The van der Waals surface area contributed by atoms with E-state index in [1.165, 1.54) is 15.6 Å². The minimum absolute atomic E-state index is 0.390. The van der Waals surface area contributed by atoms with Crippen LogP contribution in [0.15, 0.2) is 35.2 Å². The molecule has 0 aliphatic rings. The highest BCUT2D eigenvalue weighted by molar-refractivity contribution is 7.93. The highest BCUT2D eigenvalue weighted by Gasteiger charge is 2.25. The van der Waals surface area contributed by atoms with Gasteiger partial charge >= 0.3 is 0 Å². The minimum atomic E-state index is -3.52. The fraction of sp³-hybridized carbons (Fsp3) is 0.333. The van der Waals surface area contributed by atoms with Gasteiger partial charge in [0.25, 0.3) is 10.0 Å². The van der Waals surface area contributed by atoms with Crippen LogP contribution in [-0.4, -0.2) is 22.5 Å². The van der Waals surface area contributed by atoms with Gasteiger partial charge in [0.15, 0.2) is 0 Å². The molecule has 1 N–H and O–H groups in total. The van der Waals surface area contributed by atoms with E-state index in [0.717, 1.165) is 15.3 Å². The van der Waals surface area contributed by atoms with E-state index in [-0.39, 0.29) is 0 Å². The molecule has 2 aromatic rings. The van der Waals surface area contributed by atoms with Gasteiger partial charge in [0.1, 0.15) is 4.90 Å². The van der Waals surface area contributed by atoms with Crippen LogP contribution in [0.2, 0.25) is 0 Å². The van der Waals surface area contributed by atoms with Crippen molar-refractivity contribution in [1.82, 2.24) is 5.32 Å². The zero-order valence-corrected chi connectivity index (χ0v) is 14.3. The van der Waals surface area contributed by atoms with Crippen LogP contribution in [0.25, 0.3) is 0 Å². The van der Waals surface area contributed by atoms with Crippen molar-refractivity contribution < 1.29 is 8.42 Å². The van der Waals surface area contributed by atoms with Crippen LogP contribution in [0.5, 0.6) is 0 Å². The van der Waals surface area contributed by atoms with Crippen molar-refractivity contribution in [3.63, 3.8) is 0 Å². The van der Waals surface area contributed by atoms with Gasteiger partial charge in [-0.15, -0.1) is 11.3 Å². The third kappa shape index (κ3) is 3.28. The molecule has 0 atom stereocenters. The van der Waals surface area contributed by atoms with Crippen molar-refractivity contribution in [2.75, 3.05) is 18.4 Å². The zero-order valence-electron chi connectivity index (χ0n) is 12.7. The van der Waals surface area contributed by atoms with E-state index < -0.39 is 10.0 Å². The molecule has 21 heavy (non-hydrogen) atoms. The van der Waals surface area contributed by atoms with Gasteiger partial charge in [-0.1, -0.05) is 17.7 Å². The second-order valence-corrected chi connectivity index (χ2v) is 8.25. The number of benzene rings is 1. The van der Waals surface area contributed by atoms with Crippen molar-refractivity contribution in [3.05, 3.63) is 45.6 Å². The minimum Gasteiger partial charge on any atom is -0.315 e. The van der Waals surface area contributed by atoms with Crippen molar-refractivity contribution in [2.24, 2.45) is 0 Å². The lowest BCUT2D eigenvalue weighted by molar-refractivity contribution is 0.594. The molecule has 0 unspecified atom stereocenters. The molecule has 6 heteroatoms.